The number of carbonyl (C=O) groups excluding carboxylic acids is 1. The third-order valence-electron chi connectivity index (χ3n) is 6.49. The molecule has 2 heterocycles. The Morgan fingerprint density at radius 2 is 1.76 bits per heavy atom. The van der Waals surface area contributed by atoms with Crippen molar-refractivity contribution in [2.45, 2.75) is 45.1 Å². The van der Waals surface area contributed by atoms with Crippen LogP contribution in [0.15, 0.2) is 33.6 Å². The highest BCUT2D eigenvalue weighted by Crippen LogP contribution is 2.36. The van der Waals surface area contributed by atoms with E-state index in [1.54, 1.807) is 44.1 Å². The minimum absolute atomic E-state index is 0.00314. The summed E-state index contributed by atoms with van der Waals surface area (Å²) < 4.78 is 46.4. The van der Waals surface area contributed by atoms with Crippen molar-refractivity contribution >= 4 is 26.9 Å². The molecule has 8 nitrogen and oxygen atoms in total. The number of amides is 1. The summed E-state index contributed by atoms with van der Waals surface area (Å²) >= 11 is 0. The van der Waals surface area contributed by atoms with Crippen LogP contribution in [0.5, 0.6) is 11.5 Å². The maximum atomic E-state index is 13.6. The van der Waals surface area contributed by atoms with E-state index in [4.69, 9.17) is 13.9 Å². The first kappa shape index (κ1) is 24.1. The van der Waals surface area contributed by atoms with Gasteiger partial charge in [0.2, 0.25) is 10.0 Å². The molecule has 1 fully saturated rings. The van der Waals surface area contributed by atoms with E-state index in [9.17, 15) is 13.2 Å². The zero-order valence-electron chi connectivity index (χ0n) is 20.1. The number of furan rings is 1. The summed E-state index contributed by atoms with van der Waals surface area (Å²) in [5.41, 5.74) is 2.86. The Balaban J connectivity index is 1.76. The van der Waals surface area contributed by atoms with E-state index >= 15 is 0 Å². The third kappa shape index (κ3) is 4.25. The summed E-state index contributed by atoms with van der Waals surface area (Å²) in [6.45, 7) is 6.76. The number of fused-ring (bicyclic) bond motifs is 1. The van der Waals surface area contributed by atoms with Crippen molar-refractivity contribution in [2.24, 2.45) is 0 Å². The highest BCUT2D eigenvalue weighted by molar-refractivity contribution is 7.89. The third-order valence-corrected chi connectivity index (χ3v) is 8.04. The Labute approximate surface area is 199 Å². The maximum Gasteiger partial charge on any atom is 0.289 e. The number of methoxy groups -OCH3 is 2. The molecule has 0 atom stereocenters. The lowest BCUT2D eigenvalue weighted by Crippen LogP contribution is -2.27. The average molecular weight is 487 g/mol. The molecule has 0 unspecified atom stereocenters. The zero-order chi connectivity index (χ0) is 24.6. The van der Waals surface area contributed by atoms with Crippen LogP contribution >= 0.6 is 0 Å². The molecule has 0 aliphatic carbocycles. The Bertz CT molecular complexity index is 1350. The summed E-state index contributed by atoms with van der Waals surface area (Å²) in [5.74, 6) is 1.14. The molecule has 0 saturated carbocycles. The molecule has 1 N–H and O–H groups in total. The fraction of sp³-hybridized carbons (Fsp3) is 0.400. The van der Waals surface area contributed by atoms with Gasteiger partial charge >= 0.3 is 0 Å². The monoisotopic (exact) mass is 486 g/mol. The predicted molar refractivity (Wildman–Crippen MR) is 129 cm³/mol. The van der Waals surface area contributed by atoms with Gasteiger partial charge in [-0.25, -0.2) is 13.1 Å². The topological polar surface area (TPSA) is 98.1 Å². The number of benzene rings is 2. The van der Waals surface area contributed by atoms with Crippen LogP contribution < -0.4 is 14.2 Å². The van der Waals surface area contributed by atoms with Crippen molar-refractivity contribution in [3.63, 3.8) is 0 Å². The molecule has 4 rings (SSSR count). The number of nitrogens with one attached hydrogen (secondary N) is 1. The number of rotatable bonds is 7. The Kier molecular flexibility index (Phi) is 6.60. The number of ether oxygens (including phenoxy) is 2. The molecule has 0 radical (unpaired) electrons. The van der Waals surface area contributed by atoms with Crippen LogP contribution in [0, 0.1) is 20.8 Å². The molecule has 0 spiro atoms. The largest absolute Gasteiger partial charge is 0.497 e. The van der Waals surface area contributed by atoms with E-state index in [1.807, 2.05) is 13.0 Å². The first-order valence-electron chi connectivity index (χ1n) is 11.2. The second kappa shape index (κ2) is 9.31. The van der Waals surface area contributed by atoms with E-state index in [0.717, 1.165) is 18.4 Å². The molecule has 9 heteroatoms. The average Bonchev–Trinajstić information content (AvgIpc) is 3.46. The molecular weight excluding hydrogens is 456 g/mol. The van der Waals surface area contributed by atoms with Crippen LogP contribution in [0.4, 0.5) is 0 Å². The second-order valence-corrected chi connectivity index (χ2v) is 10.3. The Morgan fingerprint density at radius 3 is 2.41 bits per heavy atom. The number of carbonyl (C=O) groups is 1. The minimum Gasteiger partial charge on any atom is -0.497 e. The minimum atomic E-state index is -4.00. The van der Waals surface area contributed by atoms with Gasteiger partial charge in [0.05, 0.1) is 14.2 Å². The molecule has 1 aliphatic heterocycles. The summed E-state index contributed by atoms with van der Waals surface area (Å²) in [6, 6.07) is 7.08. The first-order valence-corrected chi connectivity index (χ1v) is 12.7. The van der Waals surface area contributed by atoms with Crippen LogP contribution in [0.1, 0.15) is 45.7 Å². The van der Waals surface area contributed by atoms with E-state index in [-0.39, 0.29) is 28.7 Å². The van der Waals surface area contributed by atoms with Crippen molar-refractivity contribution < 1.29 is 27.1 Å². The zero-order valence-corrected chi connectivity index (χ0v) is 21.0. The van der Waals surface area contributed by atoms with Crippen molar-refractivity contribution in [3.8, 4) is 11.5 Å². The van der Waals surface area contributed by atoms with Crippen LogP contribution in [0.25, 0.3) is 11.0 Å². The standard InChI is InChI=1S/C25H30N2O6S/c1-15-12-20-17(3)22(25(28)27-10-6-7-11-27)33-23(20)24(16(15)2)34(29,30)26-14-18-13-19(31-4)8-9-21(18)32-5/h8-9,12-13,26H,6-7,10-11,14H2,1-5H3. The lowest BCUT2D eigenvalue weighted by molar-refractivity contribution is 0.0762. The molecule has 0 bridgehead atoms. The molecule has 2 aromatic carbocycles. The first-order chi connectivity index (χ1) is 16.2. The smallest absolute Gasteiger partial charge is 0.289 e. The molecule has 1 aromatic heterocycles. The fourth-order valence-electron chi connectivity index (χ4n) is 4.40. The van der Waals surface area contributed by atoms with Gasteiger partial charge in [-0.1, -0.05) is 0 Å². The van der Waals surface area contributed by atoms with Gasteiger partial charge in [0.1, 0.15) is 16.4 Å². The van der Waals surface area contributed by atoms with Crippen molar-refractivity contribution in [2.75, 3.05) is 27.3 Å². The molecule has 1 saturated heterocycles. The summed E-state index contributed by atoms with van der Waals surface area (Å²) in [4.78, 5) is 14.9. The van der Waals surface area contributed by atoms with Crippen molar-refractivity contribution in [1.82, 2.24) is 9.62 Å². The lowest BCUT2D eigenvalue weighted by atomic mass is 10.0. The normalized spacial score (nSPS) is 14.1. The van der Waals surface area contributed by atoms with E-state index in [2.05, 4.69) is 4.72 Å². The van der Waals surface area contributed by atoms with Crippen LogP contribution in [-0.2, 0) is 16.6 Å². The van der Waals surface area contributed by atoms with Gasteiger partial charge in [-0.3, -0.25) is 4.79 Å². The fourth-order valence-corrected chi connectivity index (χ4v) is 5.85. The van der Waals surface area contributed by atoms with Gasteiger partial charge in [-0.15, -0.1) is 0 Å². The quantitative estimate of drug-likeness (QED) is 0.540. The van der Waals surface area contributed by atoms with Gasteiger partial charge in [-0.05, 0) is 69.0 Å². The van der Waals surface area contributed by atoms with Gasteiger partial charge in [-0.2, -0.15) is 0 Å². The molecule has 3 aromatic rings. The number of hydrogen-bond donors (Lipinski definition) is 1. The van der Waals surface area contributed by atoms with Gasteiger partial charge < -0.3 is 18.8 Å². The van der Waals surface area contributed by atoms with E-state index in [0.29, 0.717) is 46.7 Å². The van der Waals surface area contributed by atoms with Gasteiger partial charge in [0.25, 0.3) is 5.91 Å². The summed E-state index contributed by atoms with van der Waals surface area (Å²) in [7, 11) is -0.925. The van der Waals surface area contributed by atoms with Crippen molar-refractivity contribution in [1.29, 1.82) is 0 Å². The maximum absolute atomic E-state index is 13.6. The van der Waals surface area contributed by atoms with E-state index < -0.39 is 10.0 Å². The van der Waals surface area contributed by atoms with E-state index in [1.165, 1.54) is 7.11 Å². The number of sulfonamides is 1. The molecule has 1 amide bonds. The molecular formula is C25H30N2O6S. The van der Waals surface area contributed by atoms with Crippen LogP contribution in [0.2, 0.25) is 0 Å². The van der Waals surface area contributed by atoms with Crippen molar-refractivity contribution in [3.05, 3.63) is 52.3 Å². The summed E-state index contributed by atoms with van der Waals surface area (Å²) in [6.07, 6.45) is 1.92. The SMILES string of the molecule is COc1ccc(OC)c(CNS(=O)(=O)c2c(C)c(C)cc3c(C)c(C(=O)N4CCCC4)oc23)c1. The predicted octanol–water partition coefficient (Wildman–Crippen LogP) is 4.09. The van der Waals surface area contributed by atoms with Crippen LogP contribution in [0.3, 0.4) is 0 Å². The number of nitrogens with zero attached hydrogens (tertiary/aromatic N) is 1. The Hall–Kier alpha value is -3.04. The van der Waals surface area contributed by atoms with Crippen LogP contribution in [-0.4, -0.2) is 46.5 Å². The highest BCUT2D eigenvalue weighted by Gasteiger charge is 2.30. The Morgan fingerprint density at radius 1 is 1.06 bits per heavy atom. The van der Waals surface area contributed by atoms with Gasteiger partial charge in [0.15, 0.2) is 11.3 Å². The summed E-state index contributed by atoms with van der Waals surface area (Å²) in [5, 5.41) is 0.630. The lowest BCUT2D eigenvalue weighted by Gasteiger charge is -2.14. The number of hydrogen-bond acceptors (Lipinski definition) is 6. The molecule has 182 valence electrons. The second-order valence-electron chi connectivity index (χ2n) is 8.58. The number of aryl methyl sites for hydroxylation is 2. The highest BCUT2D eigenvalue weighted by atomic mass is 32.2. The molecule has 34 heavy (non-hydrogen) atoms. The number of likely N-dealkylation sites (tertiary alicyclic amines) is 1. The van der Waals surface area contributed by atoms with Gasteiger partial charge in [0, 0.05) is 36.1 Å². The molecule has 1 aliphatic rings.